The first-order valence-electron chi connectivity index (χ1n) is 4.49. The highest BCUT2D eigenvalue weighted by atomic mass is 35.5. The fourth-order valence-corrected chi connectivity index (χ4v) is 2.00. The van der Waals surface area contributed by atoms with E-state index in [-0.39, 0.29) is 0 Å². The van der Waals surface area contributed by atoms with Gasteiger partial charge in [-0.05, 0) is 24.5 Å². The van der Waals surface area contributed by atoms with E-state index in [4.69, 9.17) is 16.7 Å². The molecule has 1 saturated carbocycles. The molecule has 0 saturated heterocycles. The van der Waals surface area contributed by atoms with E-state index in [9.17, 15) is 4.79 Å². The Morgan fingerprint density at radius 1 is 1.50 bits per heavy atom. The molecule has 1 aliphatic rings. The third-order valence-electron chi connectivity index (χ3n) is 2.87. The van der Waals surface area contributed by atoms with Gasteiger partial charge in [0, 0.05) is 12.4 Å². The molecule has 1 heterocycles. The van der Waals surface area contributed by atoms with E-state index in [2.05, 4.69) is 4.98 Å². The Kier molecular flexibility index (Phi) is 2.19. The lowest BCUT2D eigenvalue weighted by atomic mass is 9.65. The standard InChI is InChI=1S/C10H10ClNO2/c11-8-4-7(5-12-6-8)10(9(13)14)2-1-3-10/h4-6H,1-3H2,(H,13,14). The number of hydrogen-bond acceptors (Lipinski definition) is 2. The fraction of sp³-hybridized carbons (Fsp3) is 0.400. The van der Waals surface area contributed by atoms with Crippen molar-refractivity contribution in [1.29, 1.82) is 0 Å². The largest absolute Gasteiger partial charge is 0.481 e. The molecule has 14 heavy (non-hydrogen) atoms. The SMILES string of the molecule is O=C(O)C1(c2cncc(Cl)c2)CCC1. The zero-order valence-electron chi connectivity index (χ0n) is 7.53. The van der Waals surface area contributed by atoms with Crippen LogP contribution < -0.4 is 0 Å². The van der Waals surface area contributed by atoms with E-state index in [1.54, 1.807) is 12.3 Å². The molecule has 0 unspecified atom stereocenters. The minimum atomic E-state index is -0.771. The van der Waals surface area contributed by atoms with Crippen LogP contribution in [-0.2, 0) is 10.2 Å². The Balaban J connectivity index is 2.42. The van der Waals surface area contributed by atoms with Gasteiger partial charge in [-0.1, -0.05) is 18.0 Å². The van der Waals surface area contributed by atoms with Gasteiger partial charge in [-0.15, -0.1) is 0 Å². The molecular weight excluding hydrogens is 202 g/mol. The van der Waals surface area contributed by atoms with Crippen LogP contribution in [0.2, 0.25) is 5.02 Å². The lowest BCUT2D eigenvalue weighted by Crippen LogP contribution is -2.42. The number of carboxylic acids is 1. The summed E-state index contributed by atoms with van der Waals surface area (Å²) in [5.74, 6) is -0.771. The van der Waals surface area contributed by atoms with Gasteiger partial charge < -0.3 is 5.11 Å². The molecule has 0 amide bonds. The number of halogens is 1. The Labute approximate surface area is 86.7 Å². The first kappa shape index (κ1) is 9.46. The number of aliphatic carboxylic acids is 1. The van der Waals surface area contributed by atoms with Gasteiger partial charge in [0.05, 0.1) is 10.4 Å². The number of rotatable bonds is 2. The van der Waals surface area contributed by atoms with E-state index >= 15 is 0 Å². The molecule has 1 N–H and O–H groups in total. The fourth-order valence-electron chi connectivity index (χ4n) is 1.83. The van der Waals surface area contributed by atoms with Crippen LogP contribution in [0.25, 0.3) is 0 Å². The predicted octanol–water partition coefficient (Wildman–Crippen LogP) is 2.24. The molecule has 0 radical (unpaired) electrons. The van der Waals surface area contributed by atoms with E-state index in [0.717, 1.165) is 12.0 Å². The summed E-state index contributed by atoms with van der Waals surface area (Å²) < 4.78 is 0. The third-order valence-corrected chi connectivity index (χ3v) is 3.08. The number of pyridine rings is 1. The molecule has 74 valence electrons. The molecule has 0 atom stereocenters. The van der Waals surface area contributed by atoms with Crippen LogP contribution in [0, 0.1) is 0 Å². The first-order valence-corrected chi connectivity index (χ1v) is 4.87. The maximum Gasteiger partial charge on any atom is 0.314 e. The topological polar surface area (TPSA) is 50.2 Å². The molecule has 1 aromatic rings. The summed E-state index contributed by atoms with van der Waals surface area (Å²) in [6.07, 6.45) is 5.44. The summed E-state index contributed by atoms with van der Waals surface area (Å²) in [6.45, 7) is 0. The van der Waals surface area contributed by atoms with Crippen molar-refractivity contribution in [1.82, 2.24) is 4.98 Å². The van der Waals surface area contributed by atoms with Crippen molar-refractivity contribution in [3.8, 4) is 0 Å². The number of hydrogen-bond donors (Lipinski definition) is 1. The number of aromatic nitrogens is 1. The maximum atomic E-state index is 11.1. The van der Waals surface area contributed by atoms with Crippen molar-refractivity contribution in [2.45, 2.75) is 24.7 Å². The molecule has 0 bridgehead atoms. The normalized spacial score (nSPS) is 18.6. The van der Waals surface area contributed by atoms with Gasteiger partial charge in [0.25, 0.3) is 0 Å². The second kappa shape index (κ2) is 3.24. The average Bonchev–Trinajstić information content (AvgIpc) is 2.00. The van der Waals surface area contributed by atoms with Crippen LogP contribution in [0.15, 0.2) is 18.5 Å². The molecule has 0 aliphatic heterocycles. The summed E-state index contributed by atoms with van der Waals surface area (Å²) in [4.78, 5) is 15.1. The highest BCUT2D eigenvalue weighted by molar-refractivity contribution is 6.30. The Bertz CT molecular complexity index is 374. The highest BCUT2D eigenvalue weighted by Crippen LogP contribution is 2.44. The average molecular weight is 212 g/mol. The number of carboxylic acid groups (broad SMARTS) is 1. The minimum Gasteiger partial charge on any atom is -0.481 e. The lowest BCUT2D eigenvalue weighted by Gasteiger charge is -2.37. The molecule has 2 rings (SSSR count). The number of nitrogens with zero attached hydrogens (tertiary/aromatic N) is 1. The zero-order chi connectivity index (χ0) is 10.2. The maximum absolute atomic E-state index is 11.1. The minimum absolute atomic E-state index is 0.495. The lowest BCUT2D eigenvalue weighted by molar-refractivity contribution is -0.147. The van der Waals surface area contributed by atoms with Crippen molar-refractivity contribution in [3.05, 3.63) is 29.0 Å². The predicted molar refractivity (Wildman–Crippen MR) is 52.4 cm³/mol. The second-order valence-corrected chi connectivity index (χ2v) is 4.07. The molecule has 1 fully saturated rings. The van der Waals surface area contributed by atoms with E-state index in [0.29, 0.717) is 17.9 Å². The monoisotopic (exact) mass is 211 g/mol. The quantitative estimate of drug-likeness (QED) is 0.816. The van der Waals surface area contributed by atoms with Crippen molar-refractivity contribution >= 4 is 17.6 Å². The van der Waals surface area contributed by atoms with Crippen molar-refractivity contribution in [2.24, 2.45) is 0 Å². The van der Waals surface area contributed by atoms with Gasteiger partial charge in [0.15, 0.2) is 0 Å². The zero-order valence-corrected chi connectivity index (χ0v) is 8.29. The van der Waals surface area contributed by atoms with Crippen LogP contribution in [0.1, 0.15) is 24.8 Å². The summed E-state index contributed by atoms with van der Waals surface area (Å²) in [5.41, 5.74) is 0.00139. The molecule has 4 heteroatoms. The Hall–Kier alpha value is -1.09. The summed E-state index contributed by atoms with van der Waals surface area (Å²) in [7, 11) is 0. The Morgan fingerprint density at radius 3 is 2.64 bits per heavy atom. The van der Waals surface area contributed by atoms with Crippen LogP contribution in [0.4, 0.5) is 0 Å². The van der Waals surface area contributed by atoms with Gasteiger partial charge in [0.2, 0.25) is 0 Å². The second-order valence-electron chi connectivity index (χ2n) is 3.63. The Morgan fingerprint density at radius 2 is 2.21 bits per heavy atom. The molecular formula is C10H10ClNO2. The van der Waals surface area contributed by atoms with Crippen LogP contribution in [-0.4, -0.2) is 16.1 Å². The van der Waals surface area contributed by atoms with Gasteiger partial charge in [0.1, 0.15) is 0 Å². The molecule has 1 aromatic heterocycles. The molecule has 1 aliphatic carbocycles. The highest BCUT2D eigenvalue weighted by Gasteiger charge is 2.46. The van der Waals surface area contributed by atoms with Crippen LogP contribution >= 0.6 is 11.6 Å². The van der Waals surface area contributed by atoms with Gasteiger partial charge >= 0.3 is 5.97 Å². The first-order chi connectivity index (χ1) is 6.65. The molecule has 3 nitrogen and oxygen atoms in total. The van der Waals surface area contributed by atoms with E-state index < -0.39 is 11.4 Å². The summed E-state index contributed by atoms with van der Waals surface area (Å²) in [6, 6.07) is 1.70. The van der Waals surface area contributed by atoms with Gasteiger partial charge in [-0.3, -0.25) is 9.78 Å². The van der Waals surface area contributed by atoms with Gasteiger partial charge in [-0.25, -0.2) is 0 Å². The van der Waals surface area contributed by atoms with Crippen LogP contribution in [0.5, 0.6) is 0 Å². The number of carbonyl (C=O) groups is 1. The van der Waals surface area contributed by atoms with Crippen molar-refractivity contribution in [3.63, 3.8) is 0 Å². The third kappa shape index (κ3) is 1.28. The molecule has 0 aromatic carbocycles. The van der Waals surface area contributed by atoms with E-state index in [1.165, 1.54) is 6.20 Å². The van der Waals surface area contributed by atoms with Crippen LogP contribution in [0.3, 0.4) is 0 Å². The van der Waals surface area contributed by atoms with Gasteiger partial charge in [-0.2, -0.15) is 0 Å². The molecule has 0 spiro atoms. The summed E-state index contributed by atoms with van der Waals surface area (Å²) in [5, 5.41) is 9.65. The summed E-state index contributed by atoms with van der Waals surface area (Å²) >= 11 is 5.78. The smallest absolute Gasteiger partial charge is 0.314 e. The van der Waals surface area contributed by atoms with Crippen molar-refractivity contribution < 1.29 is 9.90 Å². The van der Waals surface area contributed by atoms with Crippen molar-refractivity contribution in [2.75, 3.05) is 0 Å². The van der Waals surface area contributed by atoms with E-state index in [1.807, 2.05) is 0 Å².